The van der Waals surface area contributed by atoms with Crippen molar-refractivity contribution in [1.29, 1.82) is 0 Å². The van der Waals surface area contributed by atoms with Crippen LogP contribution in [0.25, 0.3) is 10.2 Å². The van der Waals surface area contributed by atoms with Crippen molar-refractivity contribution in [3.63, 3.8) is 0 Å². The van der Waals surface area contributed by atoms with Crippen LogP contribution in [-0.2, 0) is 9.63 Å². The highest BCUT2D eigenvalue weighted by molar-refractivity contribution is 7.16. The maximum Gasteiger partial charge on any atom is 0.230 e. The van der Waals surface area contributed by atoms with Crippen molar-refractivity contribution in [2.24, 2.45) is 11.1 Å². The number of oxime groups is 1. The number of hydrogen-bond acceptors (Lipinski definition) is 7. The molecule has 8 heteroatoms. The normalized spacial score (nSPS) is 23.9. The summed E-state index contributed by atoms with van der Waals surface area (Å²) in [4.78, 5) is 29.6. The van der Waals surface area contributed by atoms with Crippen LogP contribution in [0.3, 0.4) is 0 Å². The zero-order valence-electron chi connectivity index (χ0n) is 13.4. The van der Waals surface area contributed by atoms with Crippen LogP contribution in [0.5, 0.6) is 0 Å². The molecular weight excluding hydrogens is 326 g/mol. The van der Waals surface area contributed by atoms with Gasteiger partial charge in [-0.1, -0.05) is 5.16 Å². The Morgan fingerprint density at radius 3 is 3.21 bits per heavy atom. The summed E-state index contributed by atoms with van der Waals surface area (Å²) in [5.74, 6) is 1.51. The molecule has 2 aliphatic rings. The Kier molecular flexibility index (Phi) is 4.05. The van der Waals surface area contributed by atoms with Crippen LogP contribution in [0.2, 0.25) is 0 Å². The maximum atomic E-state index is 12.5. The first-order valence-electron chi connectivity index (χ1n) is 8.17. The number of amides is 1. The van der Waals surface area contributed by atoms with Gasteiger partial charge in [0.1, 0.15) is 23.1 Å². The van der Waals surface area contributed by atoms with Gasteiger partial charge in [0.25, 0.3) is 0 Å². The molecule has 0 aromatic carbocycles. The Bertz CT molecular complexity index is 790. The molecule has 2 aliphatic heterocycles. The van der Waals surface area contributed by atoms with Gasteiger partial charge in [0.15, 0.2) is 5.84 Å². The fourth-order valence-electron chi connectivity index (χ4n) is 3.23. The number of nitrogens with zero attached hydrogens (tertiary/aromatic N) is 4. The summed E-state index contributed by atoms with van der Waals surface area (Å²) in [5.41, 5.74) is 0. The first-order chi connectivity index (χ1) is 11.7. The minimum absolute atomic E-state index is 0.0202. The van der Waals surface area contributed by atoms with Crippen LogP contribution < -0.4 is 10.2 Å². The van der Waals surface area contributed by atoms with Gasteiger partial charge in [0.05, 0.1) is 11.3 Å². The van der Waals surface area contributed by atoms with E-state index in [9.17, 15) is 4.79 Å². The smallest absolute Gasteiger partial charge is 0.230 e. The van der Waals surface area contributed by atoms with Crippen molar-refractivity contribution in [2.45, 2.75) is 32.3 Å². The summed E-state index contributed by atoms with van der Waals surface area (Å²) in [6.45, 7) is 3.51. The first kappa shape index (κ1) is 15.3. The summed E-state index contributed by atoms with van der Waals surface area (Å²) in [6.07, 6.45) is 4.14. The predicted octanol–water partition coefficient (Wildman–Crippen LogP) is 2.15. The molecular formula is C16H19N5O2S. The van der Waals surface area contributed by atoms with Gasteiger partial charge in [-0.15, -0.1) is 11.3 Å². The Balaban J connectivity index is 1.47. The van der Waals surface area contributed by atoms with Crippen molar-refractivity contribution >= 4 is 39.1 Å². The molecule has 2 aromatic heterocycles. The topological polar surface area (TPSA) is 79.7 Å². The summed E-state index contributed by atoms with van der Waals surface area (Å²) >= 11 is 1.61. The van der Waals surface area contributed by atoms with Crippen LogP contribution in [0.15, 0.2) is 22.9 Å². The molecule has 1 fully saturated rings. The highest BCUT2D eigenvalue weighted by Crippen LogP contribution is 2.30. The average Bonchev–Trinajstić information content (AvgIpc) is 3.23. The molecule has 0 saturated carbocycles. The van der Waals surface area contributed by atoms with E-state index in [4.69, 9.17) is 4.84 Å². The van der Waals surface area contributed by atoms with Crippen LogP contribution in [0, 0.1) is 5.92 Å². The third-order valence-electron chi connectivity index (χ3n) is 4.42. The average molecular weight is 345 g/mol. The fraction of sp³-hybridized carbons (Fsp3) is 0.500. The van der Waals surface area contributed by atoms with E-state index >= 15 is 0 Å². The molecule has 1 saturated heterocycles. The molecule has 4 heterocycles. The molecule has 7 nitrogen and oxygen atoms in total. The molecule has 0 unspecified atom stereocenters. The lowest BCUT2D eigenvalue weighted by molar-refractivity contribution is -0.123. The summed E-state index contributed by atoms with van der Waals surface area (Å²) in [5, 5.41) is 9.91. The molecule has 1 amide bonds. The predicted molar refractivity (Wildman–Crippen MR) is 93.1 cm³/mol. The van der Waals surface area contributed by atoms with Crippen molar-refractivity contribution in [3.05, 3.63) is 17.8 Å². The molecule has 1 N–H and O–H groups in total. The van der Waals surface area contributed by atoms with Crippen LogP contribution in [-0.4, -0.2) is 40.9 Å². The fourth-order valence-corrected chi connectivity index (χ4v) is 3.96. The van der Waals surface area contributed by atoms with E-state index in [0.29, 0.717) is 18.8 Å². The minimum atomic E-state index is -0.0685. The van der Waals surface area contributed by atoms with Gasteiger partial charge in [0.2, 0.25) is 5.91 Å². The third kappa shape index (κ3) is 2.93. The van der Waals surface area contributed by atoms with Gasteiger partial charge in [-0.2, -0.15) is 0 Å². The number of carbonyl (C=O) groups excluding carboxylic acids is 1. The summed E-state index contributed by atoms with van der Waals surface area (Å²) in [6, 6.07) is 2.05. The minimum Gasteiger partial charge on any atom is -0.391 e. The second-order valence-corrected chi connectivity index (χ2v) is 7.16. The van der Waals surface area contributed by atoms with Gasteiger partial charge in [-0.05, 0) is 31.2 Å². The summed E-state index contributed by atoms with van der Waals surface area (Å²) < 4.78 is 0. The van der Waals surface area contributed by atoms with Crippen molar-refractivity contribution < 1.29 is 9.63 Å². The molecule has 24 heavy (non-hydrogen) atoms. The zero-order chi connectivity index (χ0) is 16.5. The zero-order valence-corrected chi connectivity index (χ0v) is 14.3. The van der Waals surface area contributed by atoms with E-state index in [1.54, 1.807) is 17.7 Å². The number of nitrogens with one attached hydrogen (secondary N) is 1. The molecule has 0 bridgehead atoms. The molecule has 2 atom stereocenters. The van der Waals surface area contributed by atoms with E-state index in [0.717, 1.165) is 35.4 Å². The molecule has 126 valence electrons. The number of aromatic nitrogens is 2. The molecule has 2 aromatic rings. The Labute approximate surface area is 143 Å². The number of anilines is 1. The summed E-state index contributed by atoms with van der Waals surface area (Å²) in [7, 11) is 0. The van der Waals surface area contributed by atoms with Crippen molar-refractivity contribution in [1.82, 2.24) is 15.3 Å². The van der Waals surface area contributed by atoms with E-state index < -0.39 is 0 Å². The number of carbonyl (C=O) groups is 1. The Morgan fingerprint density at radius 2 is 2.38 bits per heavy atom. The van der Waals surface area contributed by atoms with Crippen LogP contribution >= 0.6 is 11.3 Å². The highest BCUT2D eigenvalue weighted by Gasteiger charge is 2.29. The highest BCUT2D eigenvalue weighted by atomic mass is 32.1. The monoisotopic (exact) mass is 345 g/mol. The standard InChI is InChI=1S/C16H19N5O2S/c1-10-7-13(20-23-10)19-15(22)11-3-2-5-21(8-11)14-12-4-6-24-16(12)18-9-17-14/h4,6,9-11H,2-3,5,7-8H2,1H3,(H,19,20,22)/t10-,11-/m1/s1. The second-order valence-electron chi connectivity index (χ2n) is 6.27. The third-order valence-corrected chi connectivity index (χ3v) is 5.24. The van der Waals surface area contributed by atoms with Gasteiger partial charge in [-0.25, -0.2) is 9.97 Å². The Morgan fingerprint density at radius 1 is 1.46 bits per heavy atom. The SMILES string of the molecule is C[C@@H]1CC(NC(=O)[C@@H]2CCCN(c3ncnc4sccc34)C2)=NO1. The molecule has 0 spiro atoms. The lowest BCUT2D eigenvalue weighted by Gasteiger charge is -2.33. The maximum absolute atomic E-state index is 12.5. The van der Waals surface area contributed by atoms with Gasteiger partial charge < -0.3 is 15.1 Å². The lowest BCUT2D eigenvalue weighted by atomic mass is 9.97. The van der Waals surface area contributed by atoms with E-state index in [1.807, 2.05) is 18.4 Å². The number of rotatable bonds is 2. The molecule has 4 rings (SSSR count). The first-order valence-corrected chi connectivity index (χ1v) is 9.05. The van der Waals surface area contributed by atoms with E-state index in [-0.39, 0.29) is 17.9 Å². The number of fused-ring (bicyclic) bond motifs is 1. The Hall–Kier alpha value is -2.22. The van der Waals surface area contributed by atoms with Crippen molar-refractivity contribution in [2.75, 3.05) is 18.0 Å². The quantitative estimate of drug-likeness (QED) is 0.902. The van der Waals surface area contributed by atoms with Gasteiger partial charge in [0, 0.05) is 19.5 Å². The number of hydrogen-bond donors (Lipinski definition) is 1. The van der Waals surface area contributed by atoms with E-state index in [2.05, 4.69) is 25.3 Å². The number of amidine groups is 1. The lowest BCUT2D eigenvalue weighted by Crippen LogP contribution is -2.45. The van der Waals surface area contributed by atoms with Gasteiger partial charge in [-0.3, -0.25) is 4.79 Å². The number of piperidine rings is 1. The van der Waals surface area contributed by atoms with Crippen LogP contribution in [0.4, 0.5) is 5.82 Å². The molecule has 0 radical (unpaired) electrons. The van der Waals surface area contributed by atoms with Crippen LogP contribution in [0.1, 0.15) is 26.2 Å². The second kappa shape index (κ2) is 6.35. The van der Waals surface area contributed by atoms with E-state index in [1.165, 1.54) is 0 Å². The number of thiophene rings is 1. The van der Waals surface area contributed by atoms with Gasteiger partial charge >= 0.3 is 0 Å². The molecule has 0 aliphatic carbocycles. The van der Waals surface area contributed by atoms with Crippen molar-refractivity contribution in [3.8, 4) is 0 Å². The largest absolute Gasteiger partial charge is 0.391 e.